The van der Waals surface area contributed by atoms with Gasteiger partial charge in [0.05, 0.1) is 28.7 Å². The monoisotopic (exact) mass is 379 g/mol. The van der Waals surface area contributed by atoms with Crippen LogP contribution in [-0.2, 0) is 0 Å². The average Bonchev–Trinajstić information content (AvgIpc) is 3.44. The molecule has 0 bridgehead atoms. The number of imidazole rings is 2. The van der Waals surface area contributed by atoms with Gasteiger partial charge in [0.2, 0.25) is 0 Å². The number of amides is 1. The lowest BCUT2D eigenvalue weighted by atomic mass is 10.1. The van der Waals surface area contributed by atoms with Crippen LogP contribution in [0.1, 0.15) is 10.4 Å². The number of carbonyl (C=O) groups is 1. The number of rotatable bonds is 4. The summed E-state index contributed by atoms with van der Waals surface area (Å²) in [6.45, 7) is 0. The van der Waals surface area contributed by atoms with Crippen molar-refractivity contribution in [1.29, 1.82) is 0 Å². The van der Waals surface area contributed by atoms with Crippen LogP contribution in [0.3, 0.4) is 0 Å². The fourth-order valence-corrected chi connectivity index (χ4v) is 3.34. The van der Waals surface area contributed by atoms with E-state index in [9.17, 15) is 4.79 Å². The van der Waals surface area contributed by atoms with Crippen molar-refractivity contribution in [1.82, 2.24) is 19.1 Å². The Kier molecular flexibility index (Phi) is 4.14. The standard InChI is InChI=1S/C23H17N5O/c29-23(26-20-6-2-3-7-21(20)27-14-13-24-15-27)17-9-11-18(12-10-17)28-16-25-19-5-1-4-8-22(19)28/h1-16H,(H,26,29). The van der Waals surface area contributed by atoms with Gasteiger partial charge in [-0.05, 0) is 48.5 Å². The lowest BCUT2D eigenvalue weighted by molar-refractivity contribution is 0.102. The number of aromatic nitrogens is 4. The van der Waals surface area contributed by atoms with Crippen molar-refractivity contribution in [3.63, 3.8) is 0 Å². The van der Waals surface area contributed by atoms with Crippen LogP contribution in [0.4, 0.5) is 5.69 Å². The van der Waals surface area contributed by atoms with E-state index in [4.69, 9.17) is 0 Å². The Morgan fingerprint density at radius 2 is 1.66 bits per heavy atom. The molecule has 0 aliphatic rings. The summed E-state index contributed by atoms with van der Waals surface area (Å²) in [5.41, 5.74) is 5.08. The van der Waals surface area contributed by atoms with E-state index in [1.54, 1.807) is 18.9 Å². The maximum atomic E-state index is 12.8. The number of para-hydroxylation sites is 4. The topological polar surface area (TPSA) is 64.7 Å². The van der Waals surface area contributed by atoms with Gasteiger partial charge in [0.1, 0.15) is 6.33 Å². The molecule has 2 heterocycles. The molecule has 29 heavy (non-hydrogen) atoms. The molecular weight excluding hydrogens is 362 g/mol. The first-order chi connectivity index (χ1) is 14.3. The Labute approximate surface area is 167 Å². The summed E-state index contributed by atoms with van der Waals surface area (Å²) >= 11 is 0. The fourth-order valence-electron chi connectivity index (χ4n) is 3.34. The second-order valence-electron chi connectivity index (χ2n) is 6.59. The molecule has 5 aromatic rings. The second-order valence-corrected chi connectivity index (χ2v) is 6.59. The van der Waals surface area contributed by atoms with Gasteiger partial charge in [0, 0.05) is 23.6 Å². The second kappa shape index (κ2) is 7.09. The number of carbonyl (C=O) groups excluding carboxylic acids is 1. The lowest BCUT2D eigenvalue weighted by Crippen LogP contribution is -2.13. The molecule has 3 aromatic carbocycles. The number of nitrogens with one attached hydrogen (secondary N) is 1. The highest BCUT2D eigenvalue weighted by Gasteiger charge is 2.11. The van der Waals surface area contributed by atoms with E-state index >= 15 is 0 Å². The number of nitrogens with zero attached hydrogens (tertiary/aromatic N) is 4. The maximum absolute atomic E-state index is 12.8. The Hall–Kier alpha value is -4.19. The molecule has 0 fully saturated rings. The summed E-state index contributed by atoms with van der Waals surface area (Å²) in [7, 11) is 0. The van der Waals surface area contributed by atoms with Crippen molar-refractivity contribution in [3.8, 4) is 11.4 Å². The highest BCUT2D eigenvalue weighted by atomic mass is 16.1. The number of hydrogen-bond acceptors (Lipinski definition) is 3. The molecule has 5 rings (SSSR count). The van der Waals surface area contributed by atoms with Gasteiger partial charge >= 0.3 is 0 Å². The molecule has 2 aromatic heterocycles. The normalized spacial score (nSPS) is 10.9. The first-order valence-corrected chi connectivity index (χ1v) is 9.21. The Morgan fingerprint density at radius 3 is 2.48 bits per heavy atom. The molecule has 6 nitrogen and oxygen atoms in total. The third kappa shape index (κ3) is 3.17. The van der Waals surface area contributed by atoms with Crippen molar-refractivity contribution >= 4 is 22.6 Å². The molecule has 0 saturated heterocycles. The smallest absolute Gasteiger partial charge is 0.255 e. The minimum absolute atomic E-state index is 0.167. The first kappa shape index (κ1) is 16.9. The van der Waals surface area contributed by atoms with E-state index in [1.807, 2.05) is 88.1 Å². The van der Waals surface area contributed by atoms with Crippen molar-refractivity contribution in [3.05, 3.63) is 103 Å². The van der Waals surface area contributed by atoms with Crippen LogP contribution in [0.15, 0.2) is 97.8 Å². The summed E-state index contributed by atoms with van der Waals surface area (Å²) in [5, 5.41) is 2.99. The van der Waals surface area contributed by atoms with Crippen LogP contribution in [0.25, 0.3) is 22.4 Å². The molecule has 0 aliphatic heterocycles. The molecule has 6 heteroatoms. The van der Waals surface area contributed by atoms with Crippen LogP contribution >= 0.6 is 0 Å². The van der Waals surface area contributed by atoms with Gasteiger partial charge < -0.3 is 9.88 Å². The molecule has 0 atom stereocenters. The van der Waals surface area contributed by atoms with Gasteiger partial charge in [0.25, 0.3) is 5.91 Å². The summed E-state index contributed by atoms with van der Waals surface area (Å²) in [6, 6.07) is 23.1. The van der Waals surface area contributed by atoms with Gasteiger partial charge in [0.15, 0.2) is 0 Å². The molecule has 1 N–H and O–H groups in total. The van der Waals surface area contributed by atoms with Gasteiger partial charge in [-0.2, -0.15) is 0 Å². The number of hydrogen-bond donors (Lipinski definition) is 1. The molecule has 140 valence electrons. The zero-order valence-corrected chi connectivity index (χ0v) is 15.4. The van der Waals surface area contributed by atoms with E-state index in [1.165, 1.54) is 0 Å². The molecule has 0 aliphatic carbocycles. The SMILES string of the molecule is O=C(Nc1ccccc1-n1ccnc1)c1ccc(-n2cnc3ccccc32)cc1. The number of anilines is 1. The lowest BCUT2D eigenvalue weighted by Gasteiger charge is -2.12. The molecular formula is C23H17N5O. The van der Waals surface area contributed by atoms with Crippen LogP contribution in [0.5, 0.6) is 0 Å². The Bertz CT molecular complexity index is 1290. The van der Waals surface area contributed by atoms with Gasteiger partial charge in [-0.15, -0.1) is 0 Å². The van der Waals surface area contributed by atoms with E-state index in [0.29, 0.717) is 5.56 Å². The van der Waals surface area contributed by atoms with Crippen LogP contribution in [0, 0.1) is 0 Å². The predicted octanol–water partition coefficient (Wildman–Crippen LogP) is 4.46. The molecule has 0 saturated carbocycles. The zero-order valence-electron chi connectivity index (χ0n) is 15.4. The predicted molar refractivity (Wildman–Crippen MR) is 113 cm³/mol. The minimum Gasteiger partial charge on any atom is -0.320 e. The maximum Gasteiger partial charge on any atom is 0.255 e. The number of benzene rings is 3. The fraction of sp³-hybridized carbons (Fsp3) is 0. The van der Waals surface area contributed by atoms with Gasteiger partial charge in [-0.1, -0.05) is 24.3 Å². The van der Waals surface area contributed by atoms with Crippen molar-refractivity contribution in [2.24, 2.45) is 0 Å². The van der Waals surface area contributed by atoms with Crippen LogP contribution in [-0.4, -0.2) is 25.0 Å². The highest BCUT2D eigenvalue weighted by molar-refractivity contribution is 6.05. The van der Waals surface area contributed by atoms with Gasteiger partial charge in [-0.25, -0.2) is 9.97 Å². The van der Waals surface area contributed by atoms with Crippen molar-refractivity contribution in [2.45, 2.75) is 0 Å². The van der Waals surface area contributed by atoms with E-state index in [-0.39, 0.29) is 5.91 Å². The summed E-state index contributed by atoms with van der Waals surface area (Å²) in [4.78, 5) is 21.3. The zero-order chi connectivity index (χ0) is 19.6. The molecule has 0 radical (unpaired) electrons. The Balaban J connectivity index is 1.41. The van der Waals surface area contributed by atoms with E-state index < -0.39 is 0 Å². The molecule has 0 spiro atoms. The minimum atomic E-state index is -0.167. The largest absolute Gasteiger partial charge is 0.320 e. The first-order valence-electron chi connectivity index (χ1n) is 9.21. The van der Waals surface area contributed by atoms with E-state index in [2.05, 4.69) is 15.3 Å². The molecule has 0 unspecified atom stereocenters. The van der Waals surface area contributed by atoms with E-state index in [0.717, 1.165) is 28.1 Å². The third-order valence-corrected chi connectivity index (χ3v) is 4.80. The highest BCUT2D eigenvalue weighted by Crippen LogP contribution is 2.22. The summed E-state index contributed by atoms with van der Waals surface area (Å²) < 4.78 is 3.87. The Morgan fingerprint density at radius 1 is 0.862 bits per heavy atom. The van der Waals surface area contributed by atoms with Gasteiger partial charge in [-0.3, -0.25) is 9.36 Å². The summed E-state index contributed by atoms with van der Waals surface area (Å²) in [5.74, 6) is -0.167. The number of fused-ring (bicyclic) bond motifs is 1. The third-order valence-electron chi connectivity index (χ3n) is 4.80. The van der Waals surface area contributed by atoms with Crippen molar-refractivity contribution < 1.29 is 4.79 Å². The van der Waals surface area contributed by atoms with Crippen molar-refractivity contribution in [2.75, 3.05) is 5.32 Å². The van der Waals surface area contributed by atoms with Crippen LogP contribution < -0.4 is 5.32 Å². The average molecular weight is 379 g/mol. The van der Waals surface area contributed by atoms with Crippen LogP contribution in [0.2, 0.25) is 0 Å². The summed E-state index contributed by atoms with van der Waals surface area (Å²) in [6.07, 6.45) is 7.04. The molecule has 1 amide bonds. The quantitative estimate of drug-likeness (QED) is 0.501.